The molecule has 3 aromatic rings. The second kappa shape index (κ2) is 8.45. The predicted molar refractivity (Wildman–Crippen MR) is 114 cm³/mol. The van der Waals surface area contributed by atoms with Gasteiger partial charge in [0, 0.05) is 10.3 Å². The summed E-state index contributed by atoms with van der Waals surface area (Å²) in [6, 6.07) is 9.32. The van der Waals surface area contributed by atoms with Crippen LogP contribution in [0.3, 0.4) is 0 Å². The summed E-state index contributed by atoms with van der Waals surface area (Å²) in [5.41, 5.74) is 2.91. The van der Waals surface area contributed by atoms with Gasteiger partial charge in [-0.2, -0.15) is 0 Å². The highest BCUT2D eigenvalue weighted by molar-refractivity contribution is 7.17. The molecule has 0 radical (unpaired) electrons. The van der Waals surface area contributed by atoms with E-state index in [9.17, 15) is 33.6 Å². The van der Waals surface area contributed by atoms with Crippen molar-refractivity contribution >= 4 is 21.4 Å². The molecule has 11 heteroatoms. The average molecular weight is 498 g/mol. The van der Waals surface area contributed by atoms with E-state index < -0.39 is 43.2 Å². The molecule has 1 fully saturated rings. The molecule has 182 valence electrons. The average Bonchev–Trinajstić information content (AvgIpc) is 3.35. The fourth-order valence-electron chi connectivity index (χ4n) is 4.52. The fourth-order valence-corrected chi connectivity index (χ4v) is 5.53. The second-order valence-corrected chi connectivity index (χ2v) is 9.27. The summed E-state index contributed by atoms with van der Waals surface area (Å²) in [5.74, 6) is -2.04. The van der Waals surface area contributed by atoms with Crippen molar-refractivity contribution in [1.29, 1.82) is 0 Å². The van der Waals surface area contributed by atoms with Crippen molar-refractivity contribution in [2.24, 2.45) is 0 Å². The van der Waals surface area contributed by atoms with Crippen molar-refractivity contribution in [2.45, 2.75) is 49.6 Å². The second-order valence-electron chi connectivity index (χ2n) is 8.36. The van der Waals surface area contributed by atoms with Crippen LogP contribution in [0.5, 0.6) is 5.75 Å². The lowest BCUT2D eigenvalue weighted by Gasteiger charge is -2.46. The normalized spacial score (nSPS) is 29.0. The van der Waals surface area contributed by atoms with Gasteiger partial charge in [0.05, 0.1) is 13.2 Å². The summed E-state index contributed by atoms with van der Waals surface area (Å²) in [7, 11) is 0. The van der Waals surface area contributed by atoms with Crippen LogP contribution in [0.25, 0.3) is 10.1 Å². The van der Waals surface area contributed by atoms with Gasteiger partial charge in [-0.3, -0.25) is 0 Å². The summed E-state index contributed by atoms with van der Waals surface area (Å²) >= 11 is 1.49. The van der Waals surface area contributed by atoms with Crippen LogP contribution < -0.4 is 4.74 Å². The maximum atomic E-state index is 12.4. The third-order valence-electron chi connectivity index (χ3n) is 6.20. The topological polar surface area (TPSA) is 109 Å². The van der Waals surface area contributed by atoms with Crippen molar-refractivity contribution in [3.05, 3.63) is 64.0 Å². The molecule has 1 spiro atoms. The fraction of sp³-hybridized carbons (Fsp3) is 0.391. The maximum absolute atomic E-state index is 12.4. The number of thiophene rings is 1. The minimum atomic E-state index is -4.76. The Balaban J connectivity index is 1.48. The van der Waals surface area contributed by atoms with E-state index in [0.29, 0.717) is 12.0 Å². The van der Waals surface area contributed by atoms with Crippen LogP contribution in [-0.2, 0) is 28.3 Å². The maximum Gasteiger partial charge on any atom is 0.573 e. The van der Waals surface area contributed by atoms with Crippen molar-refractivity contribution in [3.8, 4) is 5.75 Å². The highest BCUT2D eigenvalue weighted by atomic mass is 32.1. The Bertz CT molecular complexity index is 1190. The monoisotopic (exact) mass is 498 g/mol. The van der Waals surface area contributed by atoms with E-state index in [1.807, 2.05) is 11.4 Å². The number of ether oxygens (including phenoxy) is 3. The molecule has 0 aliphatic carbocycles. The number of benzene rings is 2. The van der Waals surface area contributed by atoms with Crippen molar-refractivity contribution < 1.29 is 47.8 Å². The van der Waals surface area contributed by atoms with Crippen LogP contribution in [0.2, 0.25) is 0 Å². The highest BCUT2D eigenvalue weighted by Crippen LogP contribution is 2.48. The standard InChI is InChI=1S/C23H21F3O7S/c24-23(25,26)32-14-3-1-11(2-4-14)5-13-10-34-18-6-12-9-31-22(16(12)7-15(13)18)21(30)20(29)19(28)17(8-27)33-22/h1-4,6-7,10,17,19-21,27-30H,5,8-9H2/t17?,19-,20+,21-,22+/m1/s1. The first-order valence-corrected chi connectivity index (χ1v) is 11.3. The SMILES string of the molecule is OCC1O[C@]2(OCc3cc4scc(Cc5ccc(OC(F)(F)F)cc5)c4cc32)[C@H](O)[C@@H](O)[C@@H]1O. The molecular weight excluding hydrogens is 477 g/mol. The van der Waals surface area contributed by atoms with Crippen LogP contribution in [0.1, 0.15) is 22.3 Å². The van der Waals surface area contributed by atoms with E-state index in [1.165, 1.54) is 23.5 Å². The Morgan fingerprint density at radius 1 is 1.09 bits per heavy atom. The Morgan fingerprint density at radius 2 is 1.82 bits per heavy atom. The van der Waals surface area contributed by atoms with E-state index in [1.54, 1.807) is 18.2 Å². The Hall–Kier alpha value is -2.25. The number of hydrogen-bond acceptors (Lipinski definition) is 8. The minimum Gasteiger partial charge on any atom is -0.406 e. The number of aliphatic hydroxyl groups excluding tert-OH is 4. The van der Waals surface area contributed by atoms with Crippen LogP contribution in [-0.4, -0.2) is 57.8 Å². The summed E-state index contributed by atoms with van der Waals surface area (Å²) < 4.78 is 53.7. The Labute approximate surface area is 195 Å². The highest BCUT2D eigenvalue weighted by Gasteiger charge is 2.58. The van der Waals surface area contributed by atoms with Crippen LogP contribution in [0, 0.1) is 0 Å². The minimum absolute atomic E-state index is 0.108. The van der Waals surface area contributed by atoms with E-state index in [2.05, 4.69) is 4.74 Å². The molecule has 0 amide bonds. The zero-order valence-corrected chi connectivity index (χ0v) is 18.3. The van der Waals surface area contributed by atoms with Gasteiger partial charge in [-0.15, -0.1) is 24.5 Å². The lowest BCUT2D eigenvalue weighted by atomic mass is 9.87. The van der Waals surface area contributed by atoms with Gasteiger partial charge < -0.3 is 34.6 Å². The first-order valence-electron chi connectivity index (χ1n) is 10.5. The van der Waals surface area contributed by atoms with Gasteiger partial charge >= 0.3 is 6.36 Å². The quantitative estimate of drug-likeness (QED) is 0.438. The van der Waals surface area contributed by atoms with Crippen molar-refractivity contribution in [1.82, 2.24) is 0 Å². The molecule has 1 unspecified atom stereocenters. The molecule has 1 saturated heterocycles. The third kappa shape index (κ3) is 3.97. The van der Waals surface area contributed by atoms with Crippen molar-refractivity contribution in [3.63, 3.8) is 0 Å². The van der Waals surface area contributed by atoms with Crippen LogP contribution in [0.4, 0.5) is 13.2 Å². The molecule has 0 saturated carbocycles. The van der Waals surface area contributed by atoms with E-state index >= 15 is 0 Å². The van der Waals surface area contributed by atoms with Crippen molar-refractivity contribution in [2.75, 3.05) is 6.61 Å². The number of hydrogen-bond donors (Lipinski definition) is 4. The number of rotatable bonds is 4. The number of halogens is 3. The summed E-state index contributed by atoms with van der Waals surface area (Å²) in [6.45, 7) is -0.470. The van der Waals surface area contributed by atoms with Gasteiger partial charge in [-0.05, 0) is 58.1 Å². The van der Waals surface area contributed by atoms with Gasteiger partial charge in [0.1, 0.15) is 30.2 Å². The van der Waals surface area contributed by atoms with Gasteiger partial charge in [0.2, 0.25) is 5.79 Å². The van der Waals surface area contributed by atoms with E-state index in [-0.39, 0.29) is 12.4 Å². The summed E-state index contributed by atoms with van der Waals surface area (Å²) in [4.78, 5) is 0. The Morgan fingerprint density at radius 3 is 2.50 bits per heavy atom. The lowest BCUT2D eigenvalue weighted by molar-refractivity contribution is -0.368. The van der Waals surface area contributed by atoms with E-state index in [0.717, 1.165) is 26.8 Å². The molecule has 2 aliphatic heterocycles. The molecule has 5 atom stereocenters. The molecule has 7 nitrogen and oxygen atoms in total. The van der Waals surface area contributed by atoms with Gasteiger partial charge in [-0.25, -0.2) is 0 Å². The molecule has 0 bridgehead atoms. The van der Waals surface area contributed by atoms with Gasteiger partial charge in [0.15, 0.2) is 0 Å². The van der Waals surface area contributed by atoms with Crippen LogP contribution >= 0.6 is 11.3 Å². The third-order valence-corrected chi connectivity index (χ3v) is 7.19. The number of alkyl halides is 3. The molecular formula is C23H21F3O7S. The number of fused-ring (bicyclic) bond motifs is 3. The zero-order valence-electron chi connectivity index (χ0n) is 17.5. The Kier molecular flexibility index (Phi) is 5.84. The molecule has 2 aliphatic rings. The molecule has 5 rings (SSSR count). The van der Waals surface area contributed by atoms with Gasteiger partial charge in [-0.1, -0.05) is 12.1 Å². The molecule has 1 aromatic heterocycles. The zero-order chi connectivity index (χ0) is 24.3. The predicted octanol–water partition coefficient (Wildman–Crippen LogP) is 2.55. The smallest absolute Gasteiger partial charge is 0.406 e. The first-order chi connectivity index (χ1) is 16.1. The first kappa shape index (κ1) is 23.5. The molecule has 2 aromatic carbocycles. The van der Waals surface area contributed by atoms with E-state index in [4.69, 9.17) is 9.47 Å². The molecule has 4 N–H and O–H groups in total. The molecule has 34 heavy (non-hydrogen) atoms. The molecule has 3 heterocycles. The van der Waals surface area contributed by atoms with Gasteiger partial charge in [0.25, 0.3) is 0 Å². The summed E-state index contributed by atoms with van der Waals surface area (Å²) in [6.07, 6.45) is -10.1. The lowest BCUT2D eigenvalue weighted by Crippen LogP contribution is -2.63. The summed E-state index contributed by atoms with van der Waals surface area (Å²) in [5, 5.41) is 43.6. The number of aliphatic hydroxyl groups is 4. The van der Waals surface area contributed by atoms with Crippen LogP contribution in [0.15, 0.2) is 41.8 Å². The largest absolute Gasteiger partial charge is 0.573 e.